The third kappa shape index (κ3) is 3.67. The van der Waals surface area contributed by atoms with E-state index in [0.717, 1.165) is 39.3 Å². The van der Waals surface area contributed by atoms with Crippen molar-refractivity contribution in [2.24, 2.45) is 0 Å². The third-order valence-corrected chi connectivity index (χ3v) is 4.41. The van der Waals surface area contributed by atoms with Crippen molar-refractivity contribution in [1.29, 1.82) is 0 Å². The molecule has 26 heavy (non-hydrogen) atoms. The van der Waals surface area contributed by atoms with E-state index in [-0.39, 0.29) is 11.7 Å². The summed E-state index contributed by atoms with van der Waals surface area (Å²) in [6, 6.07) is 11.5. The number of aromatic nitrogens is 1. The molecular formula is C21H24N2O3. The fourth-order valence-corrected chi connectivity index (χ4v) is 3.11. The molecule has 0 saturated carbocycles. The summed E-state index contributed by atoms with van der Waals surface area (Å²) in [5.74, 6) is 1.36. The summed E-state index contributed by atoms with van der Waals surface area (Å²) in [5.41, 5.74) is 11.9. The Bertz CT molecular complexity index is 983. The highest BCUT2D eigenvalue weighted by molar-refractivity contribution is 5.73. The van der Waals surface area contributed by atoms with Crippen LogP contribution in [-0.2, 0) is 6.42 Å². The first kappa shape index (κ1) is 17.9. The number of nitrogen functional groups attached to an aromatic ring is 1. The van der Waals surface area contributed by atoms with Crippen LogP contribution < -0.4 is 16.0 Å². The number of anilines is 1. The van der Waals surface area contributed by atoms with E-state index in [2.05, 4.69) is 11.2 Å². The molecule has 0 fully saturated rings. The number of ether oxygens (including phenoxy) is 1. The lowest BCUT2D eigenvalue weighted by Crippen LogP contribution is -2.06. The van der Waals surface area contributed by atoms with E-state index in [4.69, 9.17) is 15.0 Å². The van der Waals surface area contributed by atoms with Gasteiger partial charge in [-0.05, 0) is 74.6 Å². The maximum absolute atomic E-state index is 11.4. The molecule has 0 radical (unpaired) electrons. The average molecular weight is 352 g/mol. The lowest BCUT2D eigenvalue weighted by atomic mass is 9.92. The molecular weight excluding hydrogens is 328 g/mol. The molecule has 0 unspecified atom stereocenters. The molecule has 1 heterocycles. The van der Waals surface area contributed by atoms with E-state index in [9.17, 15) is 4.79 Å². The van der Waals surface area contributed by atoms with Gasteiger partial charge in [-0.3, -0.25) is 4.79 Å². The second-order valence-corrected chi connectivity index (χ2v) is 6.83. The highest BCUT2D eigenvalue weighted by Crippen LogP contribution is 2.33. The molecule has 0 aliphatic carbocycles. The van der Waals surface area contributed by atoms with Crippen molar-refractivity contribution < 1.29 is 9.26 Å². The summed E-state index contributed by atoms with van der Waals surface area (Å²) in [6.45, 7) is 7.99. The van der Waals surface area contributed by atoms with Gasteiger partial charge in [-0.1, -0.05) is 12.1 Å². The first-order chi connectivity index (χ1) is 12.3. The predicted octanol–water partition coefficient (Wildman–Crippen LogP) is 4.21. The fourth-order valence-electron chi connectivity index (χ4n) is 3.11. The molecule has 0 bridgehead atoms. The van der Waals surface area contributed by atoms with Crippen LogP contribution in [0.2, 0.25) is 0 Å². The van der Waals surface area contributed by atoms with E-state index >= 15 is 0 Å². The van der Waals surface area contributed by atoms with E-state index in [0.29, 0.717) is 12.2 Å². The van der Waals surface area contributed by atoms with Gasteiger partial charge >= 0.3 is 0 Å². The summed E-state index contributed by atoms with van der Waals surface area (Å²) in [6.07, 6.45) is 0.847. The maximum atomic E-state index is 11.4. The SMILES string of the molecule is Cc1cc(-c2cc(=O)[nH]o2)c(C)c(N)c1Cc1cccc(OC(C)C)c1. The number of aryl methyl sites for hydroxylation is 1. The summed E-state index contributed by atoms with van der Waals surface area (Å²) < 4.78 is 11.0. The molecule has 0 aliphatic heterocycles. The minimum absolute atomic E-state index is 0.134. The number of aromatic amines is 1. The van der Waals surface area contributed by atoms with Crippen molar-refractivity contribution in [3.8, 4) is 17.1 Å². The van der Waals surface area contributed by atoms with Crippen molar-refractivity contribution in [2.75, 3.05) is 5.73 Å². The van der Waals surface area contributed by atoms with Gasteiger partial charge < -0.3 is 15.0 Å². The lowest BCUT2D eigenvalue weighted by Gasteiger charge is -2.16. The summed E-state index contributed by atoms with van der Waals surface area (Å²) in [4.78, 5) is 11.4. The van der Waals surface area contributed by atoms with Crippen LogP contribution in [0.1, 0.15) is 36.1 Å². The van der Waals surface area contributed by atoms with Crippen LogP contribution in [0.15, 0.2) is 45.7 Å². The molecule has 0 saturated heterocycles. The molecule has 3 aromatic rings. The maximum Gasteiger partial charge on any atom is 0.280 e. The zero-order valence-corrected chi connectivity index (χ0v) is 15.6. The fraction of sp³-hybridized carbons (Fsp3) is 0.286. The Morgan fingerprint density at radius 3 is 2.62 bits per heavy atom. The Morgan fingerprint density at radius 1 is 1.19 bits per heavy atom. The largest absolute Gasteiger partial charge is 0.491 e. The van der Waals surface area contributed by atoms with Crippen LogP contribution in [0.5, 0.6) is 5.75 Å². The van der Waals surface area contributed by atoms with Crippen molar-refractivity contribution >= 4 is 5.69 Å². The van der Waals surface area contributed by atoms with Gasteiger partial charge in [0.15, 0.2) is 5.76 Å². The molecule has 0 amide bonds. The molecule has 3 N–H and O–H groups in total. The van der Waals surface area contributed by atoms with Crippen molar-refractivity contribution in [3.05, 3.63) is 69.0 Å². The minimum atomic E-state index is -0.262. The van der Waals surface area contributed by atoms with Crippen LogP contribution in [0.4, 0.5) is 5.69 Å². The Morgan fingerprint density at radius 2 is 1.96 bits per heavy atom. The normalized spacial score (nSPS) is 11.1. The van der Waals surface area contributed by atoms with E-state index in [1.54, 1.807) is 0 Å². The van der Waals surface area contributed by atoms with Gasteiger partial charge in [0.2, 0.25) is 0 Å². The van der Waals surface area contributed by atoms with Gasteiger partial charge in [0.25, 0.3) is 5.56 Å². The van der Waals surface area contributed by atoms with Gasteiger partial charge in [-0.2, -0.15) is 5.16 Å². The van der Waals surface area contributed by atoms with Crippen LogP contribution in [0, 0.1) is 13.8 Å². The Kier molecular flexibility index (Phi) is 4.89. The Labute approximate surface area is 152 Å². The van der Waals surface area contributed by atoms with E-state index in [1.807, 2.05) is 52.0 Å². The van der Waals surface area contributed by atoms with E-state index in [1.165, 1.54) is 6.07 Å². The predicted molar refractivity (Wildman–Crippen MR) is 104 cm³/mol. The molecule has 1 aromatic heterocycles. The molecule has 2 aromatic carbocycles. The second kappa shape index (κ2) is 7.12. The zero-order valence-electron chi connectivity index (χ0n) is 15.6. The molecule has 5 heteroatoms. The van der Waals surface area contributed by atoms with Gasteiger partial charge in [0.1, 0.15) is 5.75 Å². The number of nitrogens with one attached hydrogen (secondary N) is 1. The van der Waals surface area contributed by atoms with Crippen LogP contribution in [-0.4, -0.2) is 11.3 Å². The lowest BCUT2D eigenvalue weighted by molar-refractivity contribution is 0.242. The van der Waals surface area contributed by atoms with Crippen LogP contribution in [0.3, 0.4) is 0 Å². The number of H-pyrrole nitrogens is 1. The molecule has 3 rings (SSSR count). The molecule has 0 spiro atoms. The second-order valence-electron chi connectivity index (χ2n) is 6.83. The topological polar surface area (TPSA) is 81.2 Å². The highest BCUT2D eigenvalue weighted by Gasteiger charge is 2.15. The van der Waals surface area contributed by atoms with Gasteiger partial charge in [0, 0.05) is 11.3 Å². The Hall–Kier alpha value is -2.95. The summed E-state index contributed by atoms with van der Waals surface area (Å²) in [7, 11) is 0. The smallest absolute Gasteiger partial charge is 0.280 e. The van der Waals surface area contributed by atoms with E-state index < -0.39 is 0 Å². The summed E-state index contributed by atoms with van der Waals surface area (Å²) in [5, 5.41) is 2.32. The quantitative estimate of drug-likeness (QED) is 0.674. The third-order valence-electron chi connectivity index (χ3n) is 4.41. The number of hydrogen-bond donors (Lipinski definition) is 2. The van der Waals surface area contributed by atoms with Crippen molar-refractivity contribution in [2.45, 2.75) is 40.2 Å². The number of hydrogen-bond acceptors (Lipinski definition) is 4. The van der Waals surface area contributed by atoms with Crippen molar-refractivity contribution in [3.63, 3.8) is 0 Å². The van der Waals surface area contributed by atoms with Crippen LogP contribution >= 0.6 is 0 Å². The van der Waals surface area contributed by atoms with Gasteiger partial charge in [0.05, 0.1) is 12.2 Å². The molecule has 0 aliphatic rings. The van der Waals surface area contributed by atoms with Crippen LogP contribution in [0.25, 0.3) is 11.3 Å². The highest BCUT2D eigenvalue weighted by atomic mass is 16.5. The first-order valence-electron chi connectivity index (χ1n) is 8.68. The van der Waals surface area contributed by atoms with Gasteiger partial charge in [-0.15, -0.1) is 0 Å². The minimum Gasteiger partial charge on any atom is -0.491 e. The zero-order chi connectivity index (χ0) is 18.8. The first-order valence-corrected chi connectivity index (χ1v) is 8.68. The average Bonchev–Trinajstić information content (AvgIpc) is 3.01. The molecule has 0 atom stereocenters. The molecule has 5 nitrogen and oxygen atoms in total. The molecule has 136 valence electrons. The summed E-state index contributed by atoms with van der Waals surface area (Å²) >= 11 is 0. The standard InChI is InChI=1S/C21H24N2O3/c1-12(2)25-16-7-5-6-15(9-16)10-17-13(3)8-18(14(4)21(17)22)19-11-20(24)23-26-19/h5-9,11-12H,10,22H2,1-4H3,(H,23,24). The monoisotopic (exact) mass is 352 g/mol. The number of rotatable bonds is 5. The number of nitrogens with two attached hydrogens (primary N) is 1. The Balaban J connectivity index is 1.96. The van der Waals surface area contributed by atoms with Gasteiger partial charge in [-0.25, -0.2) is 0 Å². The van der Waals surface area contributed by atoms with Crippen molar-refractivity contribution in [1.82, 2.24) is 5.16 Å². The number of benzene rings is 2.